The molecule has 0 aliphatic carbocycles. The average molecular weight is 294 g/mol. The number of aryl methyl sites for hydroxylation is 1. The highest BCUT2D eigenvalue weighted by atomic mass is 16.5. The minimum absolute atomic E-state index is 0.0484. The number of ether oxygens (including phenoxy) is 1. The van der Waals surface area contributed by atoms with Gasteiger partial charge in [-0.05, 0) is 44.2 Å². The second-order valence-electron chi connectivity index (χ2n) is 5.28. The second-order valence-corrected chi connectivity index (χ2v) is 5.28. The third-order valence-electron chi connectivity index (χ3n) is 3.71. The molecule has 1 heterocycles. The molecule has 0 aliphatic rings. The van der Waals surface area contributed by atoms with Gasteiger partial charge in [-0.1, -0.05) is 23.8 Å². The van der Waals surface area contributed by atoms with Gasteiger partial charge in [0.25, 0.3) is 0 Å². The van der Waals surface area contributed by atoms with Crippen LogP contribution in [-0.2, 0) is 0 Å². The zero-order chi connectivity index (χ0) is 15.7. The van der Waals surface area contributed by atoms with Crippen LogP contribution in [0.25, 0.3) is 16.9 Å². The molecule has 112 valence electrons. The van der Waals surface area contributed by atoms with Crippen molar-refractivity contribution < 1.29 is 9.84 Å². The van der Waals surface area contributed by atoms with E-state index in [9.17, 15) is 5.11 Å². The summed E-state index contributed by atoms with van der Waals surface area (Å²) >= 11 is 0. The lowest BCUT2D eigenvalue weighted by Crippen LogP contribution is -1.99. The van der Waals surface area contributed by atoms with Crippen molar-refractivity contribution in [2.75, 3.05) is 7.11 Å². The molecule has 1 aromatic heterocycles. The first kappa shape index (κ1) is 14.2. The lowest BCUT2D eigenvalue weighted by molar-refractivity contribution is 0.414. The van der Waals surface area contributed by atoms with Gasteiger partial charge in [0.1, 0.15) is 5.75 Å². The fourth-order valence-electron chi connectivity index (χ4n) is 2.53. The summed E-state index contributed by atoms with van der Waals surface area (Å²) < 4.78 is 6.95. The molecular formula is C18H18N2O2. The van der Waals surface area contributed by atoms with Crippen molar-refractivity contribution in [2.45, 2.75) is 13.8 Å². The molecule has 0 aliphatic heterocycles. The number of hydrogen-bond donors (Lipinski definition) is 1. The zero-order valence-corrected chi connectivity index (χ0v) is 12.9. The Labute approximate surface area is 129 Å². The summed E-state index contributed by atoms with van der Waals surface area (Å²) in [7, 11) is 1.64. The molecular weight excluding hydrogens is 276 g/mol. The summed E-state index contributed by atoms with van der Waals surface area (Å²) in [5, 5.41) is 14.3. The molecule has 0 saturated carbocycles. The average Bonchev–Trinajstić information content (AvgIpc) is 2.83. The number of benzene rings is 2. The minimum atomic E-state index is 0.0484. The number of hydrogen-bond acceptors (Lipinski definition) is 3. The molecule has 1 N–H and O–H groups in total. The summed E-state index contributed by atoms with van der Waals surface area (Å²) in [4.78, 5) is 0. The van der Waals surface area contributed by atoms with E-state index >= 15 is 0 Å². The van der Waals surface area contributed by atoms with Crippen molar-refractivity contribution in [1.82, 2.24) is 9.78 Å². The standard InChI is InChI=1S/C18H18N2O2/c1-12-5-4-6-14(11-12)17-13(2)18(21)19-20(17)15-7-9-16(22-3)10-8-15/h4-11H,1-3H3,(H,19,21). The van der Waals surface area contributed by atoms with Gasteiger partial charge in [-0.3, -0.25) is 0 Å². The van der Waals surface area contributed by atoms with Crippen LogP contribution < -0.4 is 4.74 Å². The number of methoxy groups -OCH3 is 1. The number of aromatic nitrogens is 2. The Balaban J connectivity index is 2.18. The molecule has 4 nitrogen and oxygen atoms in total. The normalized spacial score (nSPS) is 10.7. The largest absolute Gasteiger partial charge is 0.497 e. The summed E-state index contributed by atoms with van der Waals surface area (Å²) in [6.07, 6.45) is 0. The van der Waals surface area contributed by atoms with Crippen LogP contribution in [0.1, 0.15) is 11.1 Å². The van der Waals surface area contributed by atoms with Gasteiger partial charge in [-0.15, -0.1) is 5.10 Å². The maximum Gasteiger partial charge on any atom is 0.234 e. The van der Waals surface area contributed by atoms with Crippen molar-refractivity contribution in [3.8, 4) is 28.6 Å². The Bertz CT molecular complexity index is 804. The Kier molecular flexibility index (Phi) is 3.59. The number of rotatable bonds is 3. The van der Waals surface area contributed by atoms with Crippen molar-refractivity contribution in [3.63, 3.8) is 0 Å². The van der Waals surface area contributed by atoms with Crippen molar-refractivity contribution in [2.24, 2.45) is 0 Å². The molecule has 22 heavy (non-hydrogen) atoms. The third-order valence-corrected chi connectivity index (χ3v) is 3.71. The van der Waals surface area contributed by atoms with Crippen LogP contribution in [0.5, 0.6) is 11.6 Å². The van der Waals surface area contributed by atoms with Crippen LogP contribution in [-0.4, -0.2) is 22.0 Å². The molecule has 0 bridgehead atoms. The van der Waals surface area contributed by atoms with E-state index in [4.69, 9.17) is 4.74 Å². The van der Waals surface area contributed by atoms with Gasteiger partial charge >= 0.3 is 0 Å². The zero-order valence-electron chi connectivity index (χ0n) is 12.9. The molecule has 0 unspecified atom stereocenters. The van der Waals surface area contributed by atoms with Gasteiger partial charge in [0.15, 0.2) is 0 Å². The van der Waals surface area contributed by atoms with Crippen molar-refractivity contribution in [1.29, 1.82) is 0 Å². The Hall–Kier alpha value is -2.75. The lowest BCUT2D eigenvalue weighted by Gasteiger charge is -2.10. The first-order valence-corrected chi connectivity index (χ1v) is 7.10. The highest BCUT2D eigenvalue weighted by molar-refractivity contribution is 5.68. The summed E-state index contributed by atoms with van der Waals surface area (Å²) in [6.45, 7) is 3.92. The van der Waals surface area contributed by atoms with Crippen LogP contribution in [0.2, 0.25) is 0 Å². The van der Waals surface area contributed by atoms with Gasteiger partial charge in [0.2, 0.25) is 5.88 Å². The Morgan fingerprint density at radius 1 is 1.05 bits per heavy atom. The fraction of sp³-hybridized carbons (Fsp3) is 0.167. The molecule has 2 aromatic carbocycles. The van der Waals surface area contributed by atoms with Crippen LogP contribution in [0.15, 0.2) is 48.5 Å². The van der Waals surface area contributed by atoms with E-state index in [0.29, 0.717) is 0 Å². The first-order chi connectivity index (χ1) is 10.6. The van der Waals surface area contributed by atoms with E-state index < -0.39 is 0 Å². The summed E-state index contributed by atoms with van der Waals surface area (Å²) in [6, 6.07) is 15.8. The van der Waals surface area contributed by atoms with E-state index in [2.05, 4.69) is 11.2 Å². The van der Waals surface area contributed by atoms with E-state index in [-0.39, 0.29) is 5.88 Å². The predicted octanol–water partition coefficient (Wildman–Crippen LogP) is 3.87. The first-order valence-electron chi connectivity index (χ1n) is 7.10. The van der Waals surface area contributed by atoms with Crippen molar-refractivity contribution >= 4 is 0 Å². The molecule has 4 heteroatoms. The summed E-state index contributed by atoms with van der Waals surface area (Å²) in [5.41, 5.74) is 4.73. The molecule has 0 radical (unpaired) electrons. The minimum Gasteiger partial charge on any atom is -0.497 e. The number of aromatic hydroxyl groups is 1. The molecule has 3 rings (SSSR count). The maximum atomic E-state index is 10.1. The van der Waals surface area contributed by atoms with E-state index in [1.54, 1.807) is 11.8 Å². The SMILES string of the molecule is COc1ccc(-n2nc(O)c(C)c2-c2cccc(C)c2)cc1. The second kappa shape index (κ2) is 5.56. The van der Waals surface area contributed by atoms with Crippen LogP contribution in [0, 0.1) is 13.8 Å². The quantitative estimate of drug-likeness (QED) is 0.797. The molecule has 0 saturated heterocycles. The number of nitrogens with zero attached hydrogens (tertiary/aromatic N) is 2. The topological polar surface area (TPSA) is 47.3 Å². The van der Waals surface area contributed by atoms with Crippen molar-refractivity contribution in [3.05, 3.63) is 59.7 Å². The fourth-order valence-corrected chi connectivity index (χ4v) is 2.53. The molecule has 0 amide bonds. The summed E-state index contributed by atoms with van der Waals surface area (Å²) in [5.74, 6) is 0.835. The van der Waals surface area contributed by atoms with Crippen LogP contribution in [0.4, 0.5) is 0 Å². The smallest absolute Gasteiger partial charge is 0.234 e. The highest BCUT2D eigenvalue weighted by Crippen LogP contribution is 2.32. The predicted molar refractivity (Wildman–Crippen MR) is 86.7 cm³/mol. The van der Waals surface area contributed by atoms with Crippen LogP contribution >= 0.6 is 0 Å². The monoisotopic (exact) mass is 294 g/mol. The van der Waals surface area contributed by atoms with Gasteiger partial charge < -0.3 is 9.84 Å². The van der Waals surface area contributed by atoms with E-state index in [1.165, 1.54) is 5.56 Å². The Morgan fingerprint density at radius 3 is 2.41 bits per heavy atom. The molecule has 0 atom stereocenters. The van der Waals surface area contributed by atoms with Gasteiger partial charge in [0, 0.05) is 11.1 Å². The van der Waals surface area contributed by atoms with E-state index in [1.807, 2.05) is 56.3 Å². The Morgan fingerprint density at radius 2 is 1.77 bits per heavy atom. The molecule has 3 aromatic rings. The molecule has 0 spiro atoms. The lowest BCUT2D eigenvalue weighted by atomic mass is 10.1. The van der Waals surface area contributed by atoms with Gasteiger partial charge in [0.05, 0.1) is 18.5 Å². The van der Waals surface area contributed by atoms with Crippen LogP contribution in [0.3, 0.4) is 0 Å². The van der Waals surface area contributed by atoms with Gasteiger partial charge in [-0.25, -0.2) is 4.68 Å². The van der Waals surface area contributed by atoms with Gasteiger partial charge in [-0.2, -0.15) is 0 Å². The third kappa shape index (κ3) is 2.44. The molecule has 0 fully saturated rings. The highest BCUT2D eigenvalue weighted by Gasteiger charge is 2.16. The maximum absolute atomic E-state index is 10.1. The van der Waals surface area contributed by atoms with E-state index in [0.717, 1.165) is 28.3 Å².